The molecule has 0 aromatic carbocycles. The van der Waals surface area contributed by atoms with Gasteiger partial charge in [-0.25, -0.2) is 4.79 Å². The molecule has 0 radical (unpaired) electrons. The summed E-state index contributed by atoms with van der Waals surface area (Å²) in [5.41, 5.74) is 0.349. The summed E-state index contributed by atoms with van der Waals surface area (Å²) in [6.07, 6.45) is 4.60. The van der Waals surface area contributed by atoms with E-state index in [-0.39, 0.29) is 5.57 Å². The Morgan fingerprint density at radius 1 is 1.05 bits per heavy atom. The molecule has 6 heteroatoms. The highest BCUT2D eigenvalue weighted by molar-refractivity contribution is 6.29. The molecule has 0 aromatic heterocycles. The van der Waals surface area contributed by atoms with Gasteiger partial charge >= 0.3 is 6.03 Å². The summed E-state index contributed by atoms with van der Waals surface area (Å²) >= 11 is 0. The number of urea groups is 1. The van der Waals surface area contributed by atoms with Gasteiger partial charge in [0, 0.05) is 14.1 Å². The van der Waals surface area contributed by atoms with Gasteiger partial charge in [0.15, 0.2) is 0 Å². The Hall–Kier alpha value is -2.63. The van der Waals surface area contributed by atoms with Crippen LogP contribution in [-0.2, 0) is 14.3 Å². The minimum atomic E-state index is -0.648. The van der Waals surface area contributed by atoms with E-state index in [9.17, 15) is 14.4 Å². The van der Waals surface area contributed by atoms with Gasteiger partial charge in [0.25, 0.3) is 11.8 Å². The molecule has 118 valence electrons. The predicted octanol–water partition coefficient (Wildman–Crippen LogP) is 2.36. The van der Waals surface area contributed by atoms with Crippen LogP contribution >= 0.6 is 0 Å². The van der Waals surface area contributed by atoms with E-state index >= 15 is 0 Å². The van der Waals surface area contributed by atoms with Gasteiger partial charge in [-0.2, -0.15) is 0 Å². The van der Waals surface area contributed by atoms with Crippen LogP contribution in [0, 0.1) is 0 Å². The fourth-order valence-corrected chi connectivity index (χ4v) is 1.98. The van der Waals surface area contributed by atoms with Gasteiger partial charge in [-0.05, 0) is 30.7 Å². The number of carbonyl (C=O) groups is 3. The summed E-state index contributed by atoms with van der Waals surface area (Å²) < 4.78 is 5.36. The normalized spacial score (nSPS) is 18.3. The fraction of sp³-hybridized carbons (Fsp3) is 0.312. The van der Waals surface area contributed by atoms with Gasteiger partial charge in [-0.1, -0.05) is 20.4 Å². The summed E-state index contributed by atoms with van der Waals surface area (Å²) in [6, 6.07) is -0.648. The second-order valence-corrected chi connectivity index (χ2v) is 4.45. The molecule has 2 heterocycles. The first kappa shape index (κ1) is 17.4. The zero-order chi connectivity index (χ0) is 17.0. The zero-order valence-electron chi connectivity index (χ0n) is 13.5. The van der Waals surface area contributed by atoms with Crippen LogP contribution in [0.15, 0.2) is 47.5 Å². The monoisotopic (exact) mass is 304 g/mol. The van der Waals surface area contributed by atoms with Crippen LogP contribution in [0.2, 0.25) is 0 Å². The van der Waals surface area contributed by atoms with Crippen LogP contribution in [-0.4, -0.2) is 41.7 Å². The summed E-state index contributed by atoms with van der Waals surface area (Å²) in [4.78, 5) is 37.8. The van der Waals surface area contributed by atoms with Crippen LogP contribution in [0.3, 0.4) is 0 Å². The number of likely N-dealkylation sites (N-methyl/N-ethyl adjacent to an activating group) is 2. The van der Waals surface area contributed by atoms with Gasteiger partial charge in [-0.3, -0.25) is 19.4 Å². The maximum Gasteiger partial charge on any atom is 0.333 e. The molecule has 0 aromatic rings. The van der Waals surface area contributed by atoms with Gasteiger partial charge in [0.1, 0.15) is 17.1 Å². The Morgan fingerprint density at radius 3 is 2.00 bits per heavy atom. The molecule has 0 aliphatic carbocycles. The Kier molecular flexibility index (Phi) is 5.45. The molecule has 0 N–H and O–H groups in total. The van der Waals surface area contributed by atoms with Crippen molar-refractivity contribution in [1.82, 2.24) is 9.80 Å². The maximum atomic E-state index is 12.2. The molecular formula is C16H20N2O4. The fourth-order valence-electron chi connectivity index (χ4n) is 1.98. The van der Waals surface area contributed by atoms with Gasteiger partial charge in [0.05, 0.1) is 0 Å². The number of carbonyl (C=O) groups excluding carboxylic acids is 3. The number of hydrogen-bond acceptors (Lipinski definition) is 4. The molecule has 2 aliphatic rings. The molecule has 2 aliphatic heterocycles. The minimum absolute atomic E-state index is 0.0587. The average Bonchev–Trinajstić information content (AvgIpc) is 2.52. The van der Waals surface area contributed by atoms with Crippen molar-refractivity contribution in [3.8, 4) is 0 Å². The lowest BCUT2D eigenvalue weighted by atomic mass is 10.0. The highest BCUT2D eigenvalue weighted by Crippen LogP contribution is 2.26. The zero-order valence-corrected chi connectivity index (χ0v) is 13.5. The largest absolute Gasteiger partial charge is 0.462 e. The molecule has 22 heavy (non-hydrogen) atoms. The Bertz CT molecular complexity index is 600. The van der Waals surface area contributed by atoms with Crippen LogP contribution in [0.4, 0.5) is 4.79 Å². The summed E-state index contributed by atoms with van der Waals surface area (Å²) in [7, 11) is 2.67. The number of ether oxygens (including phenoxy) is 1. The summed E-state index contributed by atoms with van der Waals surface area (Å²) in [6.45, 7) is 9.29. The second kappa shape index (κ2) is 6.89. The molecule has 2 rings (SSSR count). The standard InChI is InChI=1S/C14H14N2O4.C2H6/c1-5-10-7-9(6-8(2)20-10)11-12(17)15(3)14(19)16(4)13(11)18;1-2/h5-7H,1H2,2-4H3;1-2H3. The number of imide groups is 2. The number of barbiturate groups is 1. The van der Waals surface area contributed by atoms with E-state index in [0.29, 0.717) is 17.1 Å². The van der Waals surface area contributed by atoms with Crippen molar-refractivity contribution in [2.45, 2.75) is 20.8 Å². The molecule has 1 fully saturated rings. The smallest absolute Gasteiger partial charge is 0.333 e. The van der Waals surface area contributed by atoms with Crippen LogP contribution in [0.25, 0.3) is 0 Å². The van der Waals surface area contributed by atoms with Crippen LogP contribution in [0.1, 0.15) is 20.8 Å². The predicted molar refractivity (Wildman–Crippen MR) is 82.4 cm³/mol. The van der Waals surface area contributed by atoms with E-state index in [2.05, 4.69) is 6.58 Å². The van der Waals surface area contributed by atoms with E-state index in [1.807, 2.05) is 13.8 Å². The first-order chi connectivity index (χ1) is 10.4. The minimum Gasteiger partial charge on any atom is -0.462 e. The van der Waals surface area contributed by atoms with E-state index in [4.69, 9.17) is 4.74 Å². The van der Waals surface area contributed by atoms with E-state index in [1.54, 1.807) is 19.1 Å². The molecule has 0 atom stereocenters. The van der Waals surface area contributed by atoms with Crippen molar-refractivity contribution in [2.24, 2.45) is 0 Å². The molecule has 6 nitrogen and oxygen atoms in total. The van der Waals surface area contributed by atoms with Gasteiger partial charge in [-0.15, -0.1) is 0 Å². The molecular weight excluding hydrogens is 284 g/mol. The number of hydrogen-bond donors (Lipinski definition) is 0. The average molecular weight is 304 g/mol. The third-order valence-electron chi connectivity index (χ3n) is 3.04. The van der Waals surface area contributed by atoms with E-state index in [1.165, 1.54) is 20.2 Å². The highest BCUT2D eigenvalue weighted by atomic mass is 16.5. The molecule has 0 bridgehead atoms. The highest BCUT2D eigenvalue weighted by Gasteiger charge is 2.39. The lowest BCUT2D eigenvalue weighted by Crippen LogP contribution is -2.53. The van der Waals surface area contributed by atoms with Crippen LogP contribution < -0.4 is 0 Å². The van der Waals surface area contributed by atoms with Crippen molar-refractivity contribution in [3.05, 3.63) is 47.5 Å². The van der Waals surface area contributed by atoms with Crippen molar-refractivity contribution in [3.63, 3.8) is 0 Å². The van der Waals surface area contributed by atoms with Crippen molar-refractivity contribution >= 4 is 17.8 Å². The van der Waals surface area contributed by atoms with Gasteiger partial charge in [0.2, 0.25) is 0 Å². The lowest BCUT2D eigenvalue weighted by molar-refractivity contribution is -0.134. The summed E-state index contributed by atoms with van der Waals surface area (Å²) in [5.74, 6) is -0.277. The van der Waals surface area contributed by atoms with Crippen LogP contribution in [0.5, 0.6) is 0 Å². The Balaban J connectivity index is 0.00000116. The first-order valence-electron chi connectivity index (χ1n) is 6.91. The quantitative estimate of drug-likeness (QED) is 0.551. The third kappa shape index (κ3) is 3.00. The van der Waals surface area contributed by atoms with E-state index in [0.717, 1.165) is 9.80 Å². The molecule has 4 amide bonds. The number of nitrogens with zero attached hydrogens (tertiary/aromatic N) is 2. The van der Waals surface area contributed by atoms with Gasteiger partial charge < -0.3 is 4.74 Å². The van der Waals surface area contributed by atoms with Crippen molar-refractivity contribution in [1.29, 1.82) is 0 Å². The number of allylic oxidation sites excluding steroid dienone is 5. The van der Waals surface area contributed by atoms with E-state index < -0.39 is 17.8 Å². The topological polar surface area (TPSA) is 66.9 Å². The molecule has 0 unspecified atom stereocenters. The summed E-state index contributed by atoms with van der Waals surface area (Å²) in [5, 5.41) is 0. The number of rotatable bonds is 1. The number of amides is 4. The van der Waals surface area contributed by atoms with Crippen molar-refractivity contribution in [2.75, 3.05) is 14.1 Å². The first-order valence-corrected chi connectivity index (χ1v) is 6.91. The SMILES string of the molecule is C=CC1=CC(=C2C(=O)N(C)C(=O)N(C)C2=O)C=C(C)O1.CC. The lowest BCUT2D eigenvalue weighted by Gasteiger charge is -2.30. The maximum absolute atomic E-state index is 12.2. The Morgan fingerprint density at radius 2 is 1.55 bits per heavy atom. The molecule has 0 saturated carbocycles. The molecule has 1 saturated heterocycles. The van der Waals surface area contributed by atoms with Crippen molar-refractivity contribution < 1.29 is 19.1 Å². The molecule has 0 spiro atoms. The third-order valence-corrected chi connectivity index (χ3v) is 3.04. The Labute approximate surface area is 130 Å². The second-order valence-electron chi connectivity index (χ2n) is 4.45.